The summed E-state index contributed by atoms with van der Waals surface area (Å²) in [5.74, 6) is -0.139. The Morgan fingerprint density at radius 1 is 0.857 bits per heavy atom. The van der Waals surface area contributed by atoms with Crippen molar-refractivity contribution in [3.8, 4) is 22.5 Å². The van der Waals surface area contributed by atoms with E-state index in [-0.39, 0.29) is 17.7 Å². The Hall–Kier alpha value is -2.97. The largest absolute Gasteiger partial charge is 0.339 e. The predicted molar refractivity (Wildman–Crippen MR) is 167 cm³/mol. The molecular formula is C33H38Cl2N4O3. The molecule has 1 aromatic heterocycles. The monoisotopic (exact) mass is 608 g/mol. The number of halogens is 2. The van der Waals surface area contributed by atoms with Gasteiger partial charge in [-0.3, -0.25) is 19.3 Å². The van der Waals surface area contributed by atoms with Crippen molar-refractivity contribution in [3.63, 3.8) is 0 Å². The fourth-order valence-corrected chi connectivity index (χ4v) is 5.90. The van der Waals surface area contributed by atoms with Crippen molar-refractivity contribution in [1.82, 2.24) is 20.3 Å². The summed E-state index contributed by atoms with van der Waals surface area (Å²) >= 11 is 12.2. The molecule has 2 aromatic carbocycles. The topological polar surface area (TPSA) is 74.8 Å². The quantitative estimate of drug-likeness (QED) is 0.309. The zero-order valence-corrected chi connectivity index (χ0v) is 25.9. The molecule has 2 amide bonds. The summed E-state index contributed by atoms with van der Waals surface area (Å²) in [6.45, 7) is 8.77. The fraction of sp³-hybridized carbons (Fsp3) is 0.424. The van der Waals surface area contributed by atoms with Crippen molar-refractivity contribution < 1.29 is 14.4 Å². The molecule has 222 valence electrons. The Bertz CT molecular complexity index is 1330. The number of piperidine rings is 2. The molecule has 3 aromatic rings. The second-order valence-electron chi connectivity index (χ2n) is 12.2. The smallest absolute Gasteiger partial charge is 0.254 e. The van der Waals surface area contributed by atoms with Crippen LogP contribution in [-0.4, -0.2) is 64.4 Å². The predicted octanol–water partition coefficient (Wildman–Crippen LogP) is 6.89. The summed E-state index contributed by atoms with van der Waals surface area (Å²) in [5.41, 5.74) is 6.04. The van der Waals surface area contributed by atoms with E-state index in [4.69, 9.17) is 33.0 Å². The second-order valence-corrected chi connectivity index (χ2v) is 13.1. The highest BCUT2D eigenvalue weighted by atomic mass is 35.5. The van der Waals surface area contributed by atoms with Crippen LogP contribution in [-0.2, 0) is 9.63 Å². The standard InChI is InChI=1S/C33H38Cl2N4O3/c1-33(2,3)42-37-31(40)24-5-4-16-39(21-24)28-14-17-38(18-15-28)32(41)25-19-29(22-6-10-26(34)11-7-22)36-30(20-25)23-8-12-27(35)13-9-23/h6-13,19-20,24,28H,4-5,14-18,21H2,1-3H3,(H,37,40)/t24-/m1/s1. The lowest BCUT2D eigenvalue weighted by Gasteiger charge is -2.42. The van der Waals surface area contributed by atoms with Gasteiger partial charge in [0.05, 0.1) is 22.9 Å². The van der Waals surface area contributed by atoms with Crippen molar-refractivity contribution in [2.75, 3.05) is 26.2 Å². The van der Waals surface area contributed by atoms with Crippen molar-refractivity contribution in [2.24, 2.45) is 5.92 Å². The van der Waals surface area contributed by atoms with Gasteiger partial charge in [-0.25, -0.2) is 10.5 Å². The Morgan fingerprint density at radius 2 is 1.40 bits per heavy atom. The molecule has 5 rings (SSSR count). The third-order valence-corrected chi connectivity index (χ3v) is 8.41. The molecule has 0 unspecified atom stereocenters. The molecule has 0 spiro atoms. The first-order valence-electron chi connectivity index (χ1n) is 14.6. The van der Waals surface area contributed by atoms with Crippen molar-refractivity contribution in [1.29, 1.82) is 0 Å². The molecule has 3 heterocycles. The van der Waals surface area contributed by atoms with Crippen LogP contribution < -0.4 is 5.48 Å². The fourth-order valence-electron chi connectivity index (χ4n) is 5.65. The molecule has 9 heteroatoms. The molecule has 1 N–H and O–H groups in total. The van der Waals surface area contributed by atoms with Crippen LogP contribution in [0, 0.1) is 5.92 Å². The number of likely N-dealkylation sites (tertiary alicyclic amines) is 2. The van der Waals surface area contributed by atoms with Crippen LogP contribution in [0.4, 0.5) is 0 Å². The summed E-state index contributed by atoms with van der Waals surface area (Å²) in [6, 6.07) is 19.0. The lowest BCUT2D eigenvalue weighted by molar-refractivity contribution is -0.151. The van der Waals surface area contributed by atoms with Gasteiger partial charge < -0.3 is 4.90 Å². The Morgan fingerprint density at radius 3 is 1.93 bits per heavy atom. The van der Waals surface area contributed by atoms with E-state index < -0.39 is 5.60 Å². The van der Waals surface area contributed by atoms with Gasteiger partial charge in [0.15, 0.2) is 0 Å². The summed E-state index contributed by atoms with van der Waals surface area (Å²) in [6.07, 6.45) is 3.58. The van der Waals surface area contributed by atoms with Gasteiger partial charge in [0.2, 0.25) is 5.91 Å². The summed E-state index contributed by atoms with van der Waals surface area (Å²) in [7, 11) is 0. The number of hydrogen-bond acceptors (Lipinski definition) is 5. The molecule has 2 saturated heterocycles. The van der Waals surface area contributed by atoms with Crippen LogP contribution in [0.5, 0.6) is 0 Å². The molecule has 0 bridgehead atoms. The van der Waals surface area contributed by atoms with Gasteiger partial charge >= 0.3 is 0 Å². The first-order valence-corrected chi connectivity index (χ1v) is 15.4. The highest BCUT2D eigenvalue weighted by Gasteiger charge is 2.33. The van der Waals surface area contributed by atoms with Crippen LogP contribution >= 0.6 is 23.2 Å². The van der Waals surface area contributed by atoms with E-state index in [9.17, 15) is 9.59 Å². The lowest BCUT2D eigenvalue weighted by atomic mass is 9.93. The number of hydroxylamine groups is 1. The van der Waals surface area contributed by atoms with Crippen LogP contribution in [0.25, 0.3) is 22.5 Å². The summed E-state index contributed by atoms with van der Waals surface area (Å²) in [4.78, 5) is 41.3. The van der Waals surface area contributed by atoms with E-state index in [1.54, 1.807) is 0 Å². The maximum Gasteiger partial charge on any atom is 0.254 e. The minimum absolute atomic E-state index is 0.00324. The van der Waals surface area contributed by atoms with E-state index in [1.165, 1.54) is 0 Å². The van der Waals surface area contributed by atoms with E-state index in [2.05, 4.69) is 10.4 Å². The maximum absolute atomic E-state index is 13.8. The number of rotatable bonds is 6. The Balaban J connectivity index is 1.28. The van der Waals surface area contributed by atoms with Crippen LogP contribution in [0.15, 0.2) is 60.7 Å². The third kappa shape index (κ3) is 7.70. The van der Waals surface area contributed by atoms with Crippen LogP contribution in [0.2, 0.25) is 10.0 Å². The van der Waals surface area contributed by atoms with E-state index >= 15 is 0 Å². The van der Waals surface area contributed by atoms with Crippen molar-refractivity contribution in [3.05, 3.63) is 76.3 Å². The number of benzene rings is 2. The molecule has 42 heavy (non-hydrogen) atoms. The molecule has 0 radical (unpaired) electrons. The molecular weight excluding hydrogens is 571 g/mol. The number of carbonyl (C=O) groups excluding carboxylic acids is 2. The highest BCUT2D eigenvalue weighted by molar-refractivity contribution is 6.30. The van der Waals surface area contributed by atoms with E-state index in [0.717, 1.165) is 49.9 Å². The lowest BCUT2D eigenvalue weighted by Crippen LogP contribution is -2.51. The van der Waals surface area contributed by atoms with Gasteiger partial charge in [0.25, 0.3) is 5.91 Å². The first-order chi connectivity index (χ1) is 20.1. The van der Waals surface area contributed by atoms with Gasteiger partial charge in [-0.05, 0) is 89.4 Å². The van der Waals surface area contributed by atoms with Gasteiger partial charge in [-0.1, -0.05) is 47.5 Å². The molecule has 2 fully saturated rings. The minimum Gasteiger partial charge on any atom is -0.339 e. The van der Waals surface area contributed by atoms with Gasteiger partial charge in [-0.15, -0.1) is 0 Å². The molecule has 2 aliphatic rings. The number of pyridine rings is 1. The number of hydrogen-bond donors (Lipinski definition) is 1. The summed E-state index contributed by atoms with van der Waals surface area (Å²) in [5, 5.41) is 1.29. The molecule has 0 saturated carbocycles. The normalized spacial score (nSPS) is 18.6. The van der Waals surface area contributed by atoms with E-state index in [0.29, 0.717) is 46.1 Å². The number of nitrogens with zero attached hydrogens (tertiary/aromatic N) is 3. The Labute approximate surface area is 258 Å². The molecule has 7 nitrogen and oxygen atoms in total. The maximum atomic E-state index is 13.8. The average molecular weight is 610 g/mol. The average Bonchev–Trinajstić information content (AvgIpc) is 3.00. The highest BCUT2D eigenvalue weighted by Crippen LogP contribution is 2.29. The third-order valence-electron chi connectivity index (χ3n) is 7.90. The van der Waals surface area contributed by atoms with Gasteiger partial charge in [0.1, 0.15) is 0 Å². The number of aromatic nitrogens is 1. The van der Waals surface area contributed by atoms with Crippen molar-refractivity contribution >= 4 is 35.0 Å². The molecule has 1 atom stereocenters. The zero-order valence-electron chi connectivity index (χ0n) is 24.4. The van der Waals surface area contributed by atoms with Crippen LogP contribution in [0.1, 0.15) is 56.8 Å². The van der Waals surface area contributed by atoms with Gasteiger partial charge in [0, 0.05) is 52.4 Å². The zero-order chi connectivity index (χ0) is 29.9. The van der Waals surface area contributed by atoms with Crippen molar-refractivity contribution in [2.45, 2.75) is 58.1 Å². The molecule has 0 aliphatic carbocycles. The SMILES string of the molecule is CC(C)(C)ONC(=O)[C@@H]1CCCN(C2CCN(C(=O)c3cc(-c4ccc(Cl)cc4)nc(-c4ccc(Cl)cc4)c3)CC2)C1. The van der Waals surface area contributed by atoms with E-state index in [1.807, 2.05) is 86.3 Å². The Kier molecular flexibility index (Phi) is 9.53. The number of amides is 2. The first kappa shape index (κ1) is 30.5. The minimum atomic E-state index is -0.427. The number of nitrogens with one attached hydrogen (secondary N) is 1. The number of carbonyl (C=O) groups is 2. The van der Waals surface area contributed by atoms with Gasteiger partial charge in [-0.2, -0.15) is 0 Å². The summed E-state index contributed by atoms with van der Waals surface area (Å²) < 4.78 is 0. The second kappa shape index (κ2) is 13.1. The molecule has 2 aliphatic heterocycles. The van der Waals surface area contributed by atoms with Crippen LogP contribution in [0.3, 0.4) is 0 Å².